The quantitative estimate of drug-likeness (QED) is 0.779. The van der Waals surface area contributed by atoms with Gasteiger partial charge in [0.15, 0.2) is 11.6 Å². The first-order valence-corrected chi connectivity index (χ1v) is 6.27. The molecule has 0 bridgehead atoms. The van der Waals surface area contributed by atoms with Gasteiger partial charge >= 0.3 is 0 Å². The average Bonchev–Trinajstić information content (AvgIpc) is 2.35. The van der Waals surface area contributed by atoms with E-state index in [1.54, 1.807) is 4.90 Å². The lowest BCUT2D eigenvalue weighted by atomic mass is 9.99. The van der Waals surface area contributed by atoms with E-state index in [1.165, 1.54) is 12.1 Å². The maximum atomic E-state index is 13.6. The number of carbonyl (C=O) groups is 1. The van der Waals surface area contributed by atoms with Crippen molar-refractivity contribution in [1.29, 1.82) is 0 Å². The highest BCUT2D eigenvalue weighted by molar-refractivity contribution is 5.94. The van der Waals surface area contributed by atoms with Gasteiger partial charge in [-0.15, -0.1) is 0 Å². The van der Waals surface area contributed by atoms with Crippen molar-refractivity contribution in [3.05, 3.63) is 35.4 Å². The summed E-state index contributed by atoms with van der Waals surface area (Å²) in [6.45, 7) is 5.78. The van der Waals surface area contributed by atoms with Gasteiger partial charge < -0.3 is 4.90 Å². The van der Waals surface area contributed by atoms with Crippen molar-refractivity contribution < 1.29 is 13.6 Å². The number of likely N-dealkylation sites (N-methyl/N-ethyl adjacent to an activating group) is 1. The lowest BCUT2D eigenvalue weighted by Gasteiger charge is -2.45. The smallest absolute Gasteiger partial charge is 0.257 e. The largest absolute Gasteiger partial charge is 0.335 e. The Balaban J connectivity index is 2.23. The van der Waals surface area contributed by atoms with Gasteiger partial charge in [0.05, 0.1) is 5.56 Å². The maximum Gasteiger partial charge on any atom is 0.257 e. The Labute approximate surface area is 111 Å². The molecule has 0 atom stereocenters. The molecule has 0 spiro atoms. The molecule has 2 rings (SSSR count). The molecule has 0 unspecified atom stereocenters. The topological polar surface area (TPSA) is 23.6 Å². The fourth-order valence-corrected chi connectivity index (χ4v) is 2.25. The Hall–Kier alpha value is -1.49. The van der Waals surface area contributed by atoms with Crippen molar-refractivity contribution in [2.45, 2.75) is 19.4 Å². The summed E-state index contributed by atoms with van der Waals surface area (Å²) in [6.07, 6.45) is 0. The first-order chi connectivity index (χ1) is 8.83. The maximum absolute atomic E-state index is 13.6. The third-order valence-corrected chi connectivity index (χ3v) is 3.79. The molecule has 1 amide bonds. The van der Waals surface area contributed by atoms with E-state index >= 15 is 0 Å². The van der Waals surface area contributed by atoms with Crippen molar-refractivity contribution in [2.75, 3.05) is 26.7 Å². The SMILES string of the molecule is CN1CCN(C(=O)c2cccc(F)c2F)CC1(C)C. The Morgan fingerprint density at radius 2 is 1.95 bits per heavy atom. The van der Waals surface area contributed by atoms with E-state index in [1.807, 2.05) is 20.9 Å². The summed E-state index contributed by atoms with van der Waals surface area (Å²) in [6, 6.07) is 3.69. The van der Waals surface area contributed by atoms with Crippen LogP contribution < -0.4 is 0 Å². The summed E-state index contributed by atoms with van der Waals surface area (Å²) in [4.78, 5) is 16.0. The number of halogens is 2. The Morgan fingerprint density at radius 1 is 1.26 bits per heavy atom. The highest BCUT2D eigenvalue weighted by atomic mass is 19.2. The summed E-state index contributed by atoms with van der Waals surface area (Å²) in [5, 5.41) is 0. The van der Waals surface area contributed by atoms with Gasteiger partial charge in [-0.05, 0) is 33.0 Å². The van der Waals surface area contributed by atoms with Gasteiger partial charge in [0.2, 0.25) is 0 Å². The molecular weight excluding hydrogens is 250 g/mol. The number of rotatable bonds is 1. The second-order valence-corrected chi connectivity index (χ2v) is 5.56. The third kappa shape index (κ3) is 2.61. The number of benzene rings is 1. The van der Waals surface area contributed by atoms with Crippen LogP contribution in [-0.2, 0) is 0 Å². The van der Waals surface area contributed by atoms with Gasteiger partial charge in [-0.3, -0.25) is 9.69 Å². The number of carbonyl (C=O) groups excluding carboxylic acids is 1. The van der Waals surface area contributed by atoms with E-state index in [4.69, 9.17) is 0 Å². The van der Waals surface area contributed by atoms with Gasteiger partial charge in [0.1, 0.15) is 0 Å². The highest BCUT2D eigenvalue weighted by Crippen LogP contribution is 2.21. The Kier molecular flexibility index (Phi) is 3.58. The van der Waals surface area contributed by atoms with Crippen LogP contribution in [0.1, 0.15) is 24.2 Å². The molecule has 0 N–H and O–H groups in total. The van der Waals surface area contributed by atoms with Crippen LogP contribution >= 0.6 is 0 Å². The zero-order valence-corrected chi connectivity index (χ0v) is 11.4. The second kappa shape index (κ2) is 4.89. The zero-order chi connectivity index (χ0) is 14.2. The van der Waals surface area contributed by atoms with E-state index in [2.05, 4.69) is 4.90 Å². The minimum absolute atomic E-state index is 0.169. The molecule has 5 heteroatoms. The number of hydrogen-bond acceptors (Lipinski definition) is 2. The monoisotopic (exact) mass is 268 g/mol. The zero-order valence-electron chi connectivity index (χ0n) is 11.4. The van der Waals surface area contributed by atoms with Crippen molar-refractivity contribution in [2.24, 2.45) is 0 Å². The van der Waals surface area contributed by atoms with Crippen LogP contribution in [0, 0.1) is 11.6 Å². The molecule has 1 aliphatic rings. The summed E-state index contributed by atoms with van der Waals surface area (Å²) in [7, 11) is 1.99. The molecule has 0 aromatic heterocycles. The Bertz CT molecular complexity index is 502. The summed E-state index contributed by atoms with van der Waals surface area (Å²) in [5.41, 5.74) is -0.363. The second-order valence-electron chi connectivity index (χ2n) is 5.56. The average molecular weight is 268 g/mol. The molecule has 1 fully saturated rings. The van der Waals surface area contributed by atoms with E-state index in [9.17, 15) is 13.6 Å². The highest BCUT2D eigenvalue weighted by Gasteiger charge is 2.34. The predicted molar refractivity (Wildman–Crippen MR) is 69.0 cm³/mol. The van der Waals surface area contributed by atoms with Crippen LogP contribution in [0.15, 0.2) is 18.2 Å². The van der Waals surface area contributed by atoms with Gasteiger partial charge in [-0.25, -0.2) is 8.78 Å². The van der Waals surface area contributed by atoms with Crippen molar-refractivity contribution in [3.63, 3.8) is 0 Å². The van der Waals surface area contributed by atoms with Crippen LogP contribution in [-0.4, -0.2) is 47.9 Å². The number of piperazine rings is 1. The predicted octanol–water partition coefficient (Wildman–Crippen LogP) is 2.13. The van der Waals surface area contributed by atoms with Gasteiger partial charge in [-0.1, -0.05) is 6.07 Å². The number of hydrogen-bond donors (Lipinski definition) is 0. The van der Waals surface area contributed by atoms with E-state index in [-0.39, 0.29) is 11.1 Å². The fraction of sp³-hybridized carbons (Fsp3) is 0.500. The van der Waals surface area contributed by atoms with Crippen molar-refractivity contribution >= 4 is 5.91 Å². The molecular formula is C14H18F2N2O. The molecule has 1 aliphatic heterocycles. The lowest BCUT2D eigenvalue weighted by Crippen LogP contribution is -2.58. The van der Waals surface area contributed by atoms with Gasteiger partial charge in [0.25, 0.3) is 5.91 Å². The molecule has 0 radical (unpaired) electrons. The molecule has 1 aromatic rings. The van der Waals surface area contributed by atoms with E-state index < -0.39 is 17.5 Å². The minimum atomic E-state index is -1.07. The van der Waals surface area contributed by atoms with Gasteiger partial charge in [0, 0.05) is 25.2 Å². The summed E-state index contributed by atoms with van der Waals surface area (Å²) < 4.78 is 26.8. The van der Waals surface area contributed by atoms with E-state index in [0.29, 0.717) is 13.1 Å². The number of amides is 1. The lowest BCUT2D eigenvalue weighted by molar-refractivity contribution is 0.0307. The van der Waals surface area contributed by atoms with Crippen molar-refractivity contribution in [1.82, 2.24) is 9.80 Å². The van der Waals surface area contributed by atoms with E-state index in [0.717, 1.165) is 12.6 Å². The van der Waals surface area contributed by atoms with Crippen LogP contribution in [0.3, 0.4) is 0 Å². The molecule has 19 heavy (non-hydrogen) atoms. The third-order valence-electron chi connectivity index (χ3n) is 3.79. The molecule has 0 aliphatic carbocycles. The van der Waals surface area contributed by atoms with Crippen molar-refractivity contribution in [3.8, 4) is 0 Å². The minimum Gasteiger partial charge on any atom is -0.335 e. The molecule has 104 valence electrons. The van der Waals surface area contributed by atoms with Crippen LogP contribution in [0.4, 0.5) is 8.78 Å². The van der Waals surface area contributed by atoms with Crippen LogP contribution in [0.2, 0.25) is 0 Å². The first kappa shape index (κ1) is 13.9. The van der Waals surface area contributed by atoms with Crippen LogP contribution in [0.25, 0.3) is 0 Å². The molecule has 1 aromatic carbocycles. The molecule has 1 saturated heterocycles. The van der Waals surface area contributed by atoms with Gasteiger partial charge in [-0.2, -0.15) is 0 Å². The molecule has 3 nitrogen and oxygen atoms in total. The normalized spacial score (nSPS) is 19.5. The summed E-state index contributed by atoms with van der Waals surface area (Å²) in [5.74, 6) is -2.50. The standard InChI is InChI=1S/C14H18F2N2O/c1-14(2)9-18(8-7-17(14)3)13(19)10-5-4-6-11(15)12(10)16/h4-6H,7-9H2,1-3H3. The summed E-state index contributed by atoms with van der Waals surface area (Å²) >= 11 is 0. The first-order valence-electron chi connectivity index (χ1n) is 6.27. The molecule has 1 heterocycles. The molecule has 0 saturated carbocycles. The Morgan fingerprint density at radius 3 is 2.58 bits per heavy atom. The number of nitrogens with zero attached hydrogens (tertiary/aromatic N) is 2. The fourth-order valence-electron chi connectivity index (χ4n) is 2.25. The van der Waals surface area contributed by atoms with Crippen LogP contribution in [0.5, 0.6) is 0 Å².